The molecule has 0 aromatic heterocycles. The van der Waals surface area contributed by atoms with Crippen LogP contribution < -0.4 is 5.64 Å². The van der Waals surface area contributed by atoms with Crippen molar-refractivity contribution in [2.75, 3.05) is 0 Å². The molecule has 2 heteroatoms. The summed E-state index contributed by atoms with van der Waals surface area (Å²) in [6.45, 7) is 2.04. The zero-order valence-electron chi connectivity index (χ0n) is 3.44. The van der Waals surface area contributed by atoms with Crippen LogP contribution in [0, 0.1) is 0 Å². The van der Waals surface area contributed by atoms with Crippen LogP contribution in [0.4, 0.5) is 0 Å². The first-order valence-electron chi connectivity index (χ1n) is 1.78. The molecule has 28 valence electrons. The number of hydrogen-bond acceptors (Lipinski definition) is 1. The molecule has 0 amide bonds. The first-order valence-corrected chi connectivity index (χ1v) is 1.78. The second kappa shape index (κ2) is 3.73. The van der Waals surface area contributed by atoms with E-state index in [1.165, 1.54) is 0 Å². The minimum absolute atomic E-state index is 1.04. The Morgan fingerprint density at radius 1 is 2.00 bits per heavy atom. The van der Waals surface area contributed by atoms with Crippen LogP contribution in [0.5, 0.6) is 0 Å². The molecule has 0 atom stereocenters. The van der Waals surface area contributed by atoms with Gasteiger partial charge in [0.25, 0.3) is 0 Å². The van der Waals surface area contributed by atoms with E-state index in [1.54, 1.807) is 7.06 Å². The van der Waals surface area contributed by atoms with Crippen LogP contribution in [0.25, 0.3) is 0 Å². The molecule has 0 aliphatic rings. The number of rotatable bonds is 1. The van der Waals surface area contributed by atoms with Crippen molar-refractivity contribution in [3.05, 3.63) is 0 Å². The zero-order chi connectivity index (χ0) is 4.12. The molecule has 0 aromatic carbocycles. The second-order valence-electron chi connectivity index (χ2n) is 0.836. The summed E-state index contributed by atoms with van der Waals surface area (Å²) in [7, 11) is 1.56. The standard InChI is InChI=1S/C3H8BN/c1-2-3-4-5/h3H,2,5H2,1H3. The van der Waals surface area contributed by atoms with E-state index in [0.29, 0.717) is 0 Å². The summed E-state index contributed by atoms with van der Waals surface area (Å²) < 4.78 is 0. The molecule has 0 aromatic rings. The first kappa shape index (κ1) is 4.73. The maximum absolute atomic E-state index is 4.96. The Labute approximate surface area is 33.1 Å². The molecule has 0 heterocycles. The minimum atomic E-state index is 1.04. The summed E-state index contributed by atoms with van der Waals surface area (Å²) in [5.41, 5.74) is 4.96. The average molecular weight is 68.9 g/mol. The molecule has 0 unspecified atom stereocenters. The van der Waals surface area contributed by atoms with Gasteiger partial charge in [0.05, 0.1) is 0 Å². The Bertz CT molecular complexity index is 33.9. The molecule has 0 aliphatic carbocycles. The summed E-state index contributed by atoms with van der Waals surface area (Å²) in [6.07, 6.45) is 1.04. The Balaban J connectivity index is 2.62. The van der Waals surface area contributed by atoms with E-state index in [-0.39, 0.29) is 0 Å². The van der Waals surface area contributed by atoms with E-state index in [1.807, 2.05) is 12.9 Å². The van der Waals surface area contributed by atoms with Gasteiger partial charge < -0.3 is 0 Å². The molecule has 0 saturated heterocycles. The van der Waals surface area contributed by atoms with Gasteiger partial charge in [-0.25, -0.2) is 0 Å². The zero-order valence-corrected chi connectivity index (χ0v) is 3.44. The average Bonchev–Trinajstić information content (AvgIpc) is 1.41. The summed E-state index contributed by atoms with van der Waals surface area (Å²) in [5.74, 6) is 1.90. The molecule has 2 N–H and O–H groups in total. The molecule has 0 spiro atoms. The predicted molar refractivity (Wildman–Crippen MR) is 26.3 cm³/mol. The quantitative estimate of drug-likeness (QED) is 0.423. The molecule has 0 saturated carbocycles. The third-order valence-corrected chi connectivity index (χ3v) is 0.372. The van der Waals surface area contributed by atoms with Crippen LogP contribution in [0.1, 0.15) is 13.3 Å². The third kappa shape index (κ3) is 3.73. The summed E-state index contributed by atoms with van der Waals surface area (Å²) in [5, 5.41) is 0. The molecule has 0 radical (unpaired) electrons. The van der Waals surface area contributed by atoms with E-state index in [0.717, 1.165) is 6.42 Å². The summed E-state index contributed by atoms with van der Waals surface area (Å²) >= 11 is 0. The monoisotopic (exact) mass is 69.1 g/mol. The maximum atomic E-state index is 4.96. The van der Waals surface area contributed by atoms with Crippen LogP contribution in [-0.4, -0.2) is 13.0 Å². The van der Waals surface area contributed by atoms with Gasteiger partial charge in [-0.2, -0.15) is 0 Å². The van der Waals surface area contributed by atoms with Crippen LogP contribution in [-0.2, 0) is 0 Å². The van der Waals surface area contributed by atoms with Gasteiger partial charge in [-0.05, 0) is 0 Å². The molecule has 1 nitrogen and oxygen atoms in total. The van der Waals surface area contributed by atoms with Crippen LogP contribution in [0.3, 0.4) is 0 Å². The summed E-state index contributed by atoms with van der Waals surface area (Å²) in [4.78, 5) is 0. The third-order valence-electron chi connectivity index (χ3n) is 0.372. The van der Waals surface area contributed by atoms with Gasteiger partial charge in [0.15, 0.2) is 0 Å². The fraction of sp³-hybridized carbons (Fsp3) is 0.667. The number of nitrogens with two attached hydrogens (primary N) is 1. The van der Waals surface area contributed by atoms with Crippen LogP contribution >= 0.6 is 0 Å². The van der Waals surface area contributed by atoms with E-state index in [9.17, 15) is 0 Å². The SMILES string of the molecule is CC/C=B/N. The topological polar surface area (TPSA) is 26.0 Å². The van der Waals surface area contributed by atoms with Crippen LogP contribution in [0.2, 0.25) is 0 Å². The van der Waals surface area contributed by atoms with Gasteiger partial charge in [0.2, 0.25) is 0 Å². The molecule has 5 heavy (non-hydrogen) atoms. The Kier molecular flexibility index (Phi) is 3.54. The normalized spacial score (nSPS) is 8.20. The van der Waals surface area contributed by atoms with E-state index in [2.05, 4.69) is 0 Å². The molecular weight excluding hydrogens is 60.9 g/mol. The fourth-order valence-electron chi connectivity index (χ4n) is 0.136. The van der Waals surface area contributed by atoms with E-state index >= 15 is 0 Å². The molecule has 0 aliphatic heterocycles. The Morgan fingerprint density at radius 3 is 2.60 bits per heavy atom. The van der Waals surface area contributed by atoms with Gasteiger partial charge >= 0.3 is 32.0 Å². The van der Waals surface area contributed by atoms with Crippen molar-refractivity contribution in [1.82, 2.24) is 0 Å². The van der Waals surface area contributed by atoms with Crippen molar-refractivity contribution in [3.8, 4) is 0 Å². The first-order chi connectivity index (χ1) is 2.41. The Morgan fingerprint density at radius 2 is 2.60 bits per heavy atom. The van der Waals surface area contributed by atoms with Gasteiger partial charge in [-0.15, -0.1) is 0 Å². The summed E-state index contributed by atoms with van der Waals surface area (Å²) in [6, 6.07) is 0. The van der Waals surface area contributed by atoms with Crippen LogP contribution in [0.15, 0.2) is 0 Å². The second-order valence-corrected chi connectivity index (χ2v) is 0.836. The Hall–Kier alpha value is -0.265. The van der Waals surface area contributed by atoms with Gasteiger partial charge in [0, 0.05) is 0 Å². The molecule has 0 bridgehead atoms. The molecule has 0 fully saturated rings. The predicted octanol–water partition coefficient (Wildman–Crippen LogP) is -0.223. The van der Waals surface area contributed by atoms with E-state index in [4.69, 9.17) is 5.64 Å². The van der Waals surface area contributed by atoms with Gasteiger partial charge in [-0.3, -0.25) is 0 Å². The van der Waals surface area contributed by atoms with Crippen molar-refractivity contribution < 1.29 is 0 Å². The van der Waals surface area contributed by atoms with Crippen molar-refractivity contribution in [2.45, 2.75) is 13.3 Å². The molecule has 0 rings (SSSR count). The molecular formula is C3H8BN. The fourth-order valence-corrected chi connectivity index (χ4v) is 0.136. The van der Waals surface area contributed by atoms with Gasteiger partial charge in [-0.1, -0.05) is 0 Å². The van der Waals surface area contributed by atoms with Crippen molar-refractivity contribution in [1.29, 1.82) is 0 Å². The number of hydrogen-bond donors (Lipinski definition) is 1. The van der Waals surface area contributed by atoms with Crippen molar-refractivity contribution in [2.24, 2.45) is 5.64 Å². The van der Waals surface area contributed by atoms with Gasteiger partial charge in [0.1, 0.15) is 0 Å². The van der Waals surface area contributed by atoms with Crippen molar-refractivity contribution in [3.63, 3.8) is 0 Å². The van der Waals surface area contributed by atoms with Crippen molar-refractivity contribution >= 4 is 13.0 Å². The van der Waals surface area contributed by atoms with E-state index < -0.39 is 0 Å².